The first-order chi connectivity index (χ1) is 11.4. The SMILES string of the molecule is C[C@H](NC(=O)OCc1ccccc1)C(=O)O.O=C(O)[C@H]1CCCN1. The molecular weight excluding hydrogens is 316 g/mol. The summed E-state index contributed by atoms with van der Waals surface area (Å²) in [7, 11) is 0. The molecule has 1 aromatic rings. The van der Waals surface area contributed by atoms with E-state index in [1.165, 1.54) is 6.92 Å². The summed E-state index contributed by atoms with van der Waals surface area (Å²) < 4.78 is 4.84. The van der Waals surface area contributed by atoms with Crippen molar-refractivity contribution in [2.45, 2.75) is 38.5 Å². The van der Waals surface area contributed by atoms with E-state index in [9.17, 15) is 14.4 Å². The van der Waals surface area contributed by atoms with Crippen LogP contribution in [0.25, 0.3) is 0 Å². The van der Waals surface area contributed by atoms with Crippen LogP contribution in [0.4, 0.5) is 4.79 Å². The van der Waals surface area contributed by atoms with Crippen molar-refractivity contribution in [1.82, 2.24) is 10.6 Å². The summed E-state index contributed by atoms with van der Waals surface area (Å²) in [6.45, 7) is 2.35. The number of carbonyl (C=O) groups excluding carboxylic acids is 1. The van der Waals surface area contributed by atoms with E-state index in [1.54, 1.807) is 0 Å². The number of aliphatic carboxylic acids is 2. The standard InChI is InChI=1S/C11H13NO4.C5H9NO2/c1-8(10(13)14)12-11(15)16-7-9-5-3-2-4-6-9;7-5(8)4-2-1-3-6-4/h2-6,8H,7H2,1H3,(H,12,15)(H,13,14);4,6H,1-3H2,(H,7,8)/t8-;4-/m01/s1. The number of rotatable bonds is 5. The molecule has 0 aliphatic carbocycles. The van der Waals surface area contributed by atoms with Gasteiger partial charge in [0.1, 0.15) is 18.7 Å². The molecule has 1 fully saturated rings. The van der Waals surface area contributed by atoms with Crippen LogP contribution < -0.4 is 10.6 Å². The summed E-state index contributed by atoms with van der Waals surface area (Å²) in [5.41, 5.74) is 0.848. The molecule has 8 nitrogen and oxygen atoms in total. The zero-order chi connectivity index (χ0) is 17.9. The molecule has 0 saturated carbocycles. The molecule has 8 heteroatoms. The van der Waals surface area contributed by atoms with Crippen molar-refractivity contribution in [3.63, 3.8) is 0 Å². The second-order valence-corrected chi connectivity index (χ2v) is 5.25. The molecule has 24 heavy (non-hydrogen) atoms. The van der Waals surface area contributed by atoms with Crippen molar-refractivity contribution in [2.24, 2.45) is 0 Å². The van der Waals surface area contributed by atoms with Crippen molar-refractivity contribution in [2.75, 3.05) is 6.54 Å². The predicted octanol–water partition coefficient (Wildman–Crippen LogP) is 1.21. The number of carboxylic acids is 2. The Morgan fingerprint density at radius 2 is 1.96 bits per heavy atom. The normalized spacial score (nSPS) is 17.1. The molecule has 2 atom stereocenters. The molecule has 1 aliphatic rings. The Morgan fingerprint density at radius 1 is 1.29 bits per heavy atom. The predicted molar refractivity (Wildman–Crippen MR) is 85.5 cm³/mol. The van der Waals surface area contributed by atoms with Gasteiger partial charge in [-0.3, -0.25) is 9.59 Å². The summed E-state index contributed by atoms with van der Waals surface area (Å²) >= 11 is 0. The number of hydrogen-bond donors (Lipinski definition) is 4. The van der Waals surface area contributed by atoms with E-state index in [0.717, 1.165) is 24.9 Å². The van der Waals surface area contributed by atoms with Crippen LogP contribution >= 0.6 is 0 Å². The third-order valence-electron chi connectivity index (χ3n) is 3.28. The molecule has 0 spiro atoms. The molecule has 1 aliphatic heterocycles. The quantitative estimate of drug-likeness (QED) is 0.636. The lowest BCUT2D eigenvalue weighted by molar-refractivity contribution is -0.139. The van der Waals surface area contributed by atoms with Gasteiger partial charge in [0.05, 0.1) is 0 Å². The van der Waals surface area contributed by atoms with E-state index in [2.05, 4.69) is 10.6 Å². The van der Waals surface area contributed by atoms with Crippen LogP contribution in [-0.4, -0.2) is 46.9 Å². The first-order valence-electron chi connectivity index (χ1n) is 7.56. The fourth-order valence-electron chi connectivity index (χ4n) is 1.90. The van der Waals surface area contributed by atoms with Crippen molar-refractivity contribution < 1.29 is 29.3 Å². The molecule has 2 rings (SSSR count). The molecule has 1 saturated heterocycles. The topological polar surface area (TPSA) is 125 Å². The first-order valence-corrected chi connectivity index (χ1v) is 7.56. The minimum absolute atomic E-state index is 0.124. The highest BCUT2D eigenvalue weighted by Crippen LogP contribution is 2.03. The van der Waals surface area contributed by atoms with Crippen LogP contribution in [0, 0.1) is 0 Å². The molecule has 0 bridgehead atoms. The smallest absolute Gasteiger partial charge is 0.408 e. The van der Waals surface area contributed by atoms with E-state index in [-0.39, 0.29) is 12.6 Å². The number of hydrogen-bond acceptors (Lipinski definition) is 5. The van der Waals surface area contributed by atoms with Gasteiger partial charge < -0.3 is 25.6 Å². The highest BCUT2D eigenvalue weighted by Gasteiger charge is 2.20. The number of amides is 1. The lowest BCUT2D eigenvalue weighted by atomic mass is 10.2. The van der Waals surface area contributed by atoms with Crippen LogP contribution in [0.2, 0.25) is 0 Å². The van der Waals surface area contributed by atoms with Gasteiger partial charge in [-0.2, -0.15) is 0 Å². The maximum absolute atomic E-state index is 11.1. The van der Waals surface area contributed by atoms with Gasteiger partial charge in [-0.1, -0.05) is 30.3 Å². The summed E-state index contributed by atoms with van der Waals surface area (Å²) in [5.74, 6) is -1.82. The molecule has 1 heterocycles. The molecule has 132 valence electrons. The molecular formula is C16H22N2O6. The molecule has 1 aromatic carbocycles. The number of ether oxygens (including phenoxy) is 1. The van der Waals surface area contributed by atoms with E-state index in [0.29, 0.717) is 0 Å². The number of alkyl carbamates (subject to hydrolysis) is 1. The third kappa shape index (κ3) is 7.59. The monoisotopic (exact) mass is 338 g/mol. The second kappa shape index (κ2) is 10.2. The summed E-state index contributed by atoms with van der Waals surface area (Å²) in [5, 5.41) is 21.9. The Bertz CT molecular complexity index is 543. The number of carboxylic acid groups (broad SMARTS) is 2. The van der Waals surface area contributed by atoms with Gasteiger partial charge in [0, 0.05) is 0 Å². The Labute approximate surface area is 139 Å². The van der Waals surface area contributed by atoms with Crippen LogP contribution in [-0.2, 0) is 20.9 Å². The Kier molecular flexibility index (Phi) is 8.28. The summed E-state index contributed by atoms with van der Waals surface area (Å²) in [4.78, 5) is 31.7. The third-order valence-corrected chi connectivity index (χ3v) is 3.28. The van der Waals surface area contributed by atoms with Crippen molar-refractivity contribution in [3.8, 4) is 0 Å². The summed E-state index contributed by atoms with van der Waals surface area (Å²) in [6, 6.07) is 7.92. The second-order valence-electron chi connectivity index (χ2n) is 5.25. The summed E-state index contributed by atoms with van der Waals surface area (Å²) in [6.07, 6.45) is 1.05. The molecule has 0 radical (unpaired) electrons. The van der Waals surface area contributed by atoms with Crippen LogP contribution in [0.5, 0.6) is 0 Å². The highest BCUT2D eigenvalue weighted by molar-refractivity contribution is 5.79. The van der Waals surface area contributed by atoms with Gasteiger partial charge in [-0.05, 0) is 31.9 Å². The largest absolute Gasteiger partial charge is 0.480 e. The minimum atomic E-state index is -1.10. The molecule has 4 N–H and O–H groups in total. The van der Waals surface area contributed by atoms with Gasteiger partial charge in [-0.25, -0.2) is 4.79 Å². The Hall–Kier alpha value is -2.61. The van der Waals surface area contributed by atoms with E-state index in [4.69, 9.17) is 14.9 Å². The fourth-order valence-corrected chi connectivity index (χ4v) is 1.90. The molecule has 0 aromatic heterocycles. The molecule has 0 unspecified atom stereocenters. The van der Waals surface area contributed by atoms with Crippen LogP contribution in [0.3, 0.4) is 0 Å². The maximum atomic E-state index is 11.1. The van der Waals surface area contributed by atoms with Crippen molar-refractivity contribution in [3.05, 3.63) is 35.9 Å². The van der Waals surface area contributed by atoms with Crippen molar-refractivity contribution >= 4 is 18.0 Å². The van der Waals surface area contributed by atoms with Crippen LogP contribution in [0.15, 0.2) is 30.3 Å². The van der Waals surface area contributed by atoms with Gasteiger partial charge in [0.2, 0.25) is 0 Å². The van der Waals surface area contributed by atoms with Gasteiger partial charge in [0.15, 0.2) is 0 Å². The average Bonchev–Trinajstić information content (AvgIpc) is 3.09. The van der Waals surface area contributed by atoms with Gasteiger partial charge in [-0.15, -0.1) is 0 Å². The fraction of sp³-hybridized carbons (Fsp3) is 0.438. The minimum Gasteiger partial charge on any atom is -0.480 e. The molecule has 1 amide bonds. The van der Waals surface area contributed by atoms with E-state index in [1.807, 2.05) is 30.3 Å². The van der Waals surface area contributed by atoms with E-state index >= 15 is 0 Å². The lowest BCUT2D eigenvalue weighted by Gasteiger charge is -2.09. The van der Waals surface area contributed by atoms with Crippen molar-refractivity contribution in [1.29, 1.82) is 0 Å². The number of benzene rings is 1. The number of carbonyl (C=O) groups is 3. The maximum Gasteiger partial charge on any atom is 0.408 e. The van der Waals surface area contributed by atoms with Gasteiger partial charge >= 0.3 is 18.0 Å². The lowest BCUT2D eigenvalue weighted by Crippen LogP contribution is -2.38. The first kappa shape index (κ1) is 19.4. The average molecular weight is 338 g/mol. The highest BCUT2D eigenvalue weighted by atomic mass is 16.5. The Morgan fingerprint density at radius 3 is 2.42 bits per heavy atom. The Balaban J connectivity index is 0.000000300. The zero-order valence-corrected chi connectivity index (χ0v) is 13.4. The van der Waals surface area contributed by atoms with Crippen LogP contribution in [0.1, 0.15) is 25.3 Å². The zero-order valence-electron chi connectivity index (χ0n) is 13.4. The van der Waals surface area contributed by atoms with E-state index < -0.39 is 24.1 Å². The number of nitrogens with one attached hydrogen (secondary N) is 2. The van der Waals surface area contributed by atoms with Gasteiger partial charge in [0.25, 0.3) is 0 Å².